The standard InChI is InChI=1S/C20H28O/c1-2-3-6-15-9-11-16(12-10-15)20(21)19-13-17-7-4-5-8-18(17)14-19/h4-5,7-8,15-16,19H,2-3,6,9-14H2,1H3. The first-order valence-electron chi connectivity index (χ1n) is 8.88. The van der Waals surface area contributed by atoms with Crippen LogP contribution in [0.2, 0.25) is 0 Å². The molecule has 1 saturated carbocycles. The topological polar surface area (TPSA) is 17.1 Å². The molecule has 0 bridgehead atoms. The molecule has 2 aliphatic rings. The second-order valence-corrected chi connectivity index (χ2v) is 7.14. The van der Waals surface area contributed by atoms with Crippen molar-refractivity contribution in [2.24, 2.45) is 17.8 Å². The number of carbonyl (C=O) groups is 1. The van der Waals surface area contributed by atoms with Crippen molar-refractivity contribution >= 4 is 5.78 Å². The van der Waals surface area contributed by atoms with Gasteiger partial charge in [0.1, 0.15) is 5.78 Å². The molecule has 21 heavy (non-hydrogen) atoms. The summed E-state index contributed by atoms with van der Waals surface area (Å²) < 4.78 is 0. The third kappa shape index (κ3) is 3.39. The van der Waals surface area contributed by atoms with Crippen molar-refractivity contribution in [3.63, 3.8) is 0 Å². The molecule has 1 fully saturated rings. The molecule has 3 rings (SSSR count). The minimum atomic E-state index is 0.277. The first kappa shape index (κ1) is 14.8. The van der Waals surface area contributed by atoms with Crippen LogP contribution < -0.4 is 0 Å². The highest BCUT2D eigenvalue weighted by molar-refractivity contribution is 5.84. The van der Waals surface area contributed by atoms with Gasteiger partial charge in [0.2, 0.25) is 0 Å². The molecule has 1 heteroatoms. The predicted octanol–water partition coefficient (Wildman–Crippen LogP) is 4.97. The molecule has 0 N–H and O–H groups in total. The van der Waals surface area contributed by atoms with E-state index in [9.17, 15) is 4.79 Å². The molecule has 0 saturated heterocycles. The van der Waals surface area contributed by atoms with Crippen molar-refractivity contribution < 1.29 is 4.79 Å². The number of carbonyl (C=O) groups excluding carboxylic acids is 1. The van der Waals surface area contributed by atoms with Crippen molar-refractivity contribution in [3.05, 3.63) is 35.4 Å². The van der Waals surface area contributed by atoms with E-state index in [1.807, 2.05) is 0 Å². The van der Waals surface area contributed by atoms with Crippen LogP contribution in [0.15, 0.2) is 24.3 Å². The van der Waals surface area contributed by atoms with Gasteiger partial charge in [-0.25, -0.2) is 0 Å². The third-order valence-corrected chi connectivity index (χ3v) is 5.67. The Morgan fingerprint density at radius 2 is 1.62 bits per heavy atom. The van der Waals surface area contributed by atoms with Gasteiger partial charge in [0.25, 0.3) is 0 Å². The Kier molecular flexibility index (Phi) is 4.77. The first-order chi connectivity index (χ1) is 10.3. The Balaban J connectivity index is 1.52. The quantitative estimate of drug-likeness (QED) is 0.746. The van der Waals surface area contributed by atoms with Crippen LogP contribution in [0.3, 0.4) is 0 Å². The summed E-state index contributed by atoms with van der Waals surface area (Å²) >= 11 is 0. The maximum absolute atomic E-state index is 12.8. The number of unbranched alkanes of at least 4 members (excludes halogenated alkanes) is 1. The van der Waals surface area contributed by atoms with Crippen LogP contribution in [-0.4, -0.2) is 5.78 Å². The zero-order valence-corrected chi connectivity index (χ0v) is 13.3. The van der Waals surface area contributed by atoms with Crippen molar-refractivity contribution in [2.45, 2.75) is 64.7 Å². The lowest BCUT2D eigenvalue weighted by molar-refractivity contribution is -0.127. The second-order valence-electron chi connectivity index (χ2n) is 7.14. The highest BCUT2D eigenvalue weighted by Gasteiger charge is 2.33. The minimum Gasteiger partial charge on any atom is -0.299 e. The van der Waals surface area contributed by atoms with E-state index >= 15 is 0 Å². The molecule has 1 aromatic carbocycles. The lowest BCUT2D eigenvalue weighted by Gasteiger charge is -2.29. The monoisotopic (exact) mass is 284 g/mol. The van der Waals surface area contributed by atoms with Gasteiger partial charge in [0.05, 0.1) is 0 Å². The lowest BCUT2D eigenvalue weighted by Crippen LogP contribution is -2.28. The largest absolute Gasteiger partial charge is 0.299 e. The maximum atomic E-state index is 12.8. The molecule has 0 atom stereocenters. The summed E-state index contributed by atoms with van der Waals surface area (Å²) in [6.07, 6.45) is 10.9. The summed E-state index contributed by atoms with van der Waals surface area (Å²) in [4.78, 5) is 12.8. The molecule has 1 aromatic rings. The Hall–Kier alpha value is -1.11. The Morgan fingerprint density at radius 3 is 2.19 bits per heavy atom. The second kappa shape index (κ2) is 6.77. The van der Waals surface area contributed by atoms with Crippen molar-refractivity contribution in [1.82, 2.24) is 0 Å². The molecule has 0 amide bonds. The smallest absolute Gasteiger partial charge is 0.139 e. The van der Waals surface area contributed by atoms with E-state index in [1.165, 1.54) is 43.2 Å². The number of Topliss-reactive ketones (excluding diaryl/α,β-unsaturated/α-hetero) is 1. The molecule has 0 unspecified atom stereocenters. The van der Waals surface area contributed by atoms with Gasteiger partial charge in [-0.2, -0.15) is 0 Å². The van der Waals surface area contributed by atoms with E-state index < -0.39 is 0 Å². The van der Waals surface area contributed by atoms with Crippen molar-refractivity contribution in [2.75, 3.05) is 0 Å². The van der Waals surface area contributed by atoms with E-state index in [0.29, 0.717) is 11.7 Å². The number of hydrogen-bond acceptors (Lipinski definition) is 1. The normalized spacial score (nSPS) is 25.8. The number of ketones is 1. The molecular weight excluding hydrogens is 256 g/mol. The van der Waals surface area contributed by atoms with Gasteiger partial charge in [-0.05, 0) is 55.6 Å². The molecule has 1 nitrogen and oxygen atoms in total. The van der Waals surface area contributed by atoms with Crippen LogP contribution in [0.25, 0.3) is 0 Å². The van der Waals surface area contributed by atoms with Crippen LogP contribution in [0, 0.1) is 17.8 Å². The van der Waals surface area contributed by atoms with E-state index in [0.717, 1.165) is 31.6 Å². The molecule has 0 aromatic heterocycles. The summed E-state index contributed by atoms with van der Waals surface area (Å²) in [5.74, 6) is 2.11. The van der Waals surface area contributed by atoms with Gasteiger partial charge in [-0.1, -0.05) is 50.5 Å². The van der Waals surface area contributed by atoms with E-state index in [-0.39, 0.29) is 5.92 Å². The van der Waals surface area contributed by atoms with Gasteiger partial charge < -0.3 is 0 Å². The summed E-state index contributed by atoms with van der Waals surface area (Å²) in [7, 11) is 0. The molecule has 0 radical (unpaired) electrons. The fourth-order valence-corrected chi connectivity index (χ4v) is 4.32. The highest BCUT2D eigenvalue weighted by Crippen LogP contribution is 2.36. The zero-order chi connectivity index (χ0) is 14.7. The molecule has 2 aliphatic carbocycles. The molecular formula is C20H28O. The SMILES string of the molecule is CCCCC1CCC(C(=O)C2Cc3ccccc3C2)CC1. The van der Waals surface area contributed by atoms with E-state index in [1.54, 1.807) is 0 Å². The van der Waals surface area contributed by atoms with Crippen LogP contribution in [0.4, 0.5) is 0 Å². The zero-order valence-electron chi connectivity index (χ0n) is 13.3. The van der Waals surface area contributed by atoms with E-state index in [2.05, 4.69) is 31.2 Å². The first-order valence-corrected chi connectivity index (χ1v) is 8.88. The summed E-state index contributed by atoms with van der Waals surface area (Å²) in [5.41, 5.74) is 2.82. The van der Waals surface area contributed by atoms with Gasteiger partial charge in [0, 0.05) is 11.8 Å². The number of hydrogen-bond donors (Lipinski definition) is 0. The van der Waals surface area contributed by atoms with E-state index in [4.69, 9.17) is 0 Å². The lowest BCUT2D eigenvalue weighted by atomic mass is 9.75. The predicted molar refractivity (Wildman–Crippen MR) is 87.3 cm³/mol. The van der Waals surface area contributed by atoms with Gasteiger partial charge in [0.15, 0.2) is 0 Å². The average molecular weight is 284 g/mol. The Morgan fingerprint density at radius 1 is 1.00 bits per heavy atom. The average Bonchev–Trinajstić information content (AvgIpc) is 2.96. The molecule has 114 valence electrons. The third-order valence-electron chi connectivity index (χ3n) is 5.67. The fraction of sp³-hybridized carbons (Fsp3) is 0.650. The molecule has 0 aliphatic heterocycles. The van der Waals surface area contributed by atoms with Gasteiger partial charge >= 0.3 is 0 Å². The maximum Gasteiger partial charge on any atom is 0.139 e. The fourth-order valence-electron chi connectivity index (χ4n) is 4.32. The molecule has 0 spiro atoms. The summed E-state index contributed by atoms with van der Waals surface area (Å²) in [6.45, 7) is 2.27. The minimum absolute atomic E-state index is 0.277. The van der Waals surface area contributed by atoms with Crippen LogP contribution in [0.5, 0.6) is 0 Å². The molecule has 0 heterocycles. The highest BCUT2D eigenvalue weighted by atomic mass is 16.1. The van der Waals surface area contributed by atoms with Crippen LogP contribution in [-0.2, 0) is 17.6 Å². The Bertz CT molecular complexity index is 457. The summed E-state index contributed by atoms with van der Waals surface area (Å²) in [6, 6.07) is 8.60. The van der Waals surface area contributed by atoms with Crippen molar-refractivity contribution in [1.29, 1.82) is 0 Å². The van der Waals surface area contributed by atoms with Crippen molar-refractivity contribution in [3.8, 4) is 0 Å². The Labute approximate surface area is 129 Å². The number of rotatable bonds is 5. The summed E-state index contributed by atoms with van der Waals surface area (Å²) in [5, 5.41) is 0. The number of benzene rings is 1. The number of fused-ring (bicyclic) bond motifs is 1. The van der Waals surface area contributed by atoms with Gasteiger partial charge in [-0.3, -0.25) is 4.79 Å². The van der Waals surface area contributed by atoms with Crippen LogP contribution in [0.1, 0.15) is 63.0 Å². The van der Waals surface area contributed by atoms with Gasteiger partial charge in [-0.15, -0.1) is 0 Å². The van der Waals surface area contributed by atoms with Crippen LogP contribution >= 0.6 is 0 Å².